The van der Waals surface area contributed by atoms with E-state index >= 15 is 0 Å². The molecule has 0 spiro atoms. The van der Waals surface area contributed by atoms with Crippen LogP contribution in [0.1, 0.15) is 18.4 Å². The summed E-state index contributed by atoms with van der Waals surface area (Å²) in [6, 6.07) is 4.03. The highest BCUT2D eigenvalue weighted by Crippen LogP contribution is 2.37. The Kier molecular flexibility index (Phi) is 4.84. The van der Waals surface area contributed by atoms with Gasteiger partial charge in [-0.3, -0.25) is 0 Å². The van der Waals surface area contributed by atoms with Crippen LogP contribution in [0, 0.1) is 0 Å². The monoisotopic (exact) mass is 422 g/mol. The zero-order chi connectivity index (χ0) is 21.5. The molecule has 2 aromatic heterocycles. The van der Waals surface area contributed by atoms with Gasteiger partial charge in [-0.2, -0.15) is 22.8 Å². The summed E-state index contributed by atoms with van der Waals surface area (Å²) in [4.78, 5) is 12.5. The molecule has 1 saturated heterocycles. The number of piperidine rings is 1. The van der Waals surface area contributed by atoms with E-state index in [2.05, 4.69) is 20.6 Å². The van der Waals surface area contributed by atoms with E-state index in [4.69, 9.17) is 0 Å². The van der Waals surface area contributed by atoms with Crippen LogP contribution in [0.25, 0.3) is 16.8 Å². The third-order valence-corrected chi connectivity index (χ3v) is 4.94. The Hall–Kier alpha value is -3.57. The van der Waals surface area contributed by atoms with Crippen molar-refractivity contribution < 1.29 is 28.2 Å². The van der Waals surface area contributed by atoms with Crippen LogP contribution in [0.15, 0.2) is 30.5 Å². The summed E-state index contributed by atoms with van der Waals surface area (Å²) in [5, 5.41) is 34.8. The molecule has 1 atom stereocenters. The number of likely N-dealkylation sites (tertiary alicyclic amines) is 1. The van der Waals surface area contributed by atoms with Crippen LogP contribution in [-0.2, 0) is 6.18 Å². The summed E-state index contributed by atoms with van der Waals surface area (Å²) in [6.45, 7) is 0.740. The SMILES string of the molecule is O=C(O)N1CCCC(Nc2nnc(-c3ccc(C(F)(F)F)cc3O)c3ccnn23)C1. The summed E-state index contributed by atoms with van der Waals surface area (Å²) in [5.74, 6) is -0.310. The molecule has 0 bridgehead atoms. The van der Waals surface area contributed by atoms with E-state index in [-0.39, 0.29) is 29.8 Å². The van der Waals surface area contributed by atoms with Gasteiger partial charge in [0.25, 0.3) is 0 Å². The molecule has 1 aliphatic heterocycles. The van der Waals surface area contributed by atoms with Gasteiger partial charge in [0.05, 0.1) is 17.3 Å². The maximum absolute atomic E-state index is 12.9. The second-order valence-electron chi connectivity index (χ2n) is 6.94. The van der Waals surface area contributed by atoms with Gasteiger partial charge >= 0.3 is 12.3 Å². The fourth-order valence-electron chi connectivity index (χ4n) is 3.48. The van der Waals surface area contributed by atoms with E-state index in [0.29, 0.717) is 24.5 Å². The zero-order valence-electron chi connectivity index (χ0n) is 15.5. The molecule has 1 fully saturated rings. The van der Waals surface area contributed by atoms with Crippen LogP contribution in [0.5, 0.6) is 5.75 Å². The van der Waals surface area contributed by atoms with Crippen LogP contribution < -0.4 is 5.32 Å². The third-order valence-electron chi connectivity index (χ3n) is 4.94. The Morgan fingerprint density at radius 1 is 1.23 bits per heavy atom. The first-order valence-electron chi connectivity index (χ1n) is 9.09. The summed E-state index contributed by atoms with van der Waals surface area (Å²) >= 11 is 0. The lowest BCUT2D eigenvalue weighted by Crippen LogP contribution is -2.44. The maximum atomic E-state index is 12.9. The lowest BCUT2D eigenvalue weighted by atomic mass is 10.1. The summed E-state index contributed by atoms with van der Waals surface area (Å²) < 4.78 is 40.0. The lowest BCUT2D eigenvalue weighted by Gasteiger charge is -2.31. The molecule has 30 heavy (non-hydrogen) atoms. The molecule has 1 amide bonds. The molecule has 12 heteroatoms. The van der Waals surface area contributed by atoms with Crippen molar-refractivity contribution in [1.82, 2.24) is 24.7 Å². The number of fused-ring (bicyclic) bond motifs is 1. The van der Waals surface area contributed by atoms with Crippen molar-refractivity contribution in [2.75, 3.05) is 18.4 Å². The Balaban J connectivity index is 1.66. The Morgan fingerprint density at radius 2 is 2.03 bits per heavy atom. The van der Waals surface area contributed by atoms with E-state index in [1.807, 2.05) is 0 Å². The largest absolute Gasteiger partial charge is 0.507 e. The maximum Gasteiger partial charge on any atom is 0.416 e. The van der Waals surface area contributed by atoms with Crippen molar-refractivity contribution in [2.24, 2.45) is 0 Å². The minimum Gasteiger partial charge on any atom is -0.507 e. The number of aromatic nitrogens is 4. The number of amides is 1. The molecule has 158 valence electrons. The number of halogens is 3. The number of carbonyl (C=O) groups is 1. The van der Waals surface area contributed by atoms with E-state index in [0.717, 1.165) is 18.6 Å². The Labute approximate surface area is 167 Å². The molecule has 9 nitrogen and oxygen atoms in total. The predicted molar refractivity (Wildman–Crippen MR) is 99.1 cm³/mol. The number of alkyl halides is 3. The standard InChI is InChI=1S/C18H17F3N6O3/c19-18(20,21)10-3-4-12(14(28)8-10)15-13-5-6-22-27(13)16(25-24-15)23-11-2-1-7-26(9-11)17(29)30/h3-6,8,11,28H,1-2,7,9H2,(H,23,25)(H,29,30). The molecule has 3 N–H and O–H groups in total. The molecule has 1 aliphatic rings. The van der Waals surface area contributed by atoms with Crippen molar-refractivity contribution in [2.45, 2.75) is 25.1 Å². The summed E-state index contributed by atoms with van der Waals surface area (Å²) in [7, 11) is 0. The highest BCUT2D eigenvalue weighted by Gasteiger charge is 2.31. The van der Waals surface area contributed by atoms with Crippen LogP contribution in [0.2, 0.25) is 0 Å². The number of phenolic OH excluding ortho intramolecular Hbond substituents is 1. The van der Waals surface area contributed by atoms with Crippen molar-refractivity contribution in [3.63, 3.8) is 0 Å². The second kappa shape index (κ2) is 7.35. The number of phenols is 1. The van der Waals surface area contributed by atoms with Gasteiger partial charge in [0.15, 0.2) is 0 Å². The topological polar surface area (TPSA) is 116 Å². The minimum absolute atomic E-state index is 0.0854. The van der Waals surface area contributed by atoms with Crippen molar-refractivity contribution in [3.8, 4) is 17.0 Å². The van der Waals surface area contributed by atoms with E-state index in [1.165, 1.54) is 15.6 Å². The van der Waals surface area contributed by atoms with Crippen LogP contribution in [0.3, 0.4) is 0 Å². The highest BCUT2D eigenvalue weighted by molar-refractivity contribution is 5.80. The number of hydrogen-bond acceptors (Lipinski definition) is 6. The normalized spacial score (nSPS) is 17.3. The number of nitrogens with one attached hydrogen (secondary N) is 1. The molecule has 1 aromatic carbocycles. The van der Waals surface area contributed by atoms with E-state index < -0.39 is 23.6 Å². The van der Waals surface area contributed by atoms with Crippen molar-refractivity contribution >= 4 is 17.6 Å². The lowest BCUT2D eigenvalue weighted by molar-refractivity contribution is -0.137. The van der Waals surface area contributed by atoms with Gasteiger partial charge in [0, 0.05) is 24.7 Å². The smallest absolute Gasteiger partial charge is 0.416 e. The first-order valence-corrected chi connectivity index (χ1v) is 9.09. The molecule has 4 rings (SSSR count). The number of nitrogens with zero attached hydrogens (tertiary/aromatic N) is 5. The molecular formula is C18H17F3N6O3. The minimum atomic E-state index is -4.58. The highest BCUT2D eigenvalue weighted by atomic mass is 19.4. The second-order valence-corrected chi connectivity index (χ2v) is 6.94. The molecule has 1 unspecified atom stereocenters. The molecular weight excluding hydrogens is 405 g/mol. The van der Waals surface area contributed by atoms with E-state index in [1.54, 1.807) is 6.07 Å². The number of anilines is 1. The molecule has 0 aliphatic carbocycles. The quantitative estimate of drug-likeness (QED) is 0.594. The van der Waals surface area contributed by atoms with Crippen LogP contribution in [0.4, 0.5) is 23.9 Å². The summed E-state index contributed by atoms with van der Waals surface area (Å²) in [6.07, 6.45) is -2.68. The fraction of sp³-hybridized carbons (Fsp3) is 0.333. The van der Waals surface area contributed by atoms with Gasteiger partial charge in [-0.25, -0.2) is 4.79 Å². The number of carboxylic acid groups (broad SMARTS) is 1. The van der Waals surface area contributed by atoms with Gasteiger partial charge in [-0.1, -0.05) is 0 Å². The number of rotatable bonds is 3. The van der Waals surface area contributed by atoms with Crippen LogP contribution in [-0.4, -0.2) is 60.1 Å². The van der Waals surface area contributed by atoms with Gasteiger partial charge in [-0.05, 0) is 37.1 Å². The van der Waals surface area contributed by atoms with Crippen molar-refractivity contribution in [3.05, 3.63) is 36.0 Å². The average Bonchev–Trinajstić information content (AvgIpc) is 3.18. The van der Waals surface area contributed by atoms with Crippen molar-refractivity contribution in [1.29, 1.82) is 0 Å². The first-order chi connectivity index (χ1) is 14.2. The molecule has 0 saturated carbocycles. The third kappa shape index (κ3) is 3.67. The van der Waals surface area contributed by atoms with Crippen LogP contribution >= 0.6 is 0 Å². The fourth-order valence-corrected chi connectivity index (χ4v) is 3.48. The van der Waals surface area contributed by atoms with Gasteiger partial charge in [-0.15, -0.1) is 10.2 Å². The summed E-state index contributed by atoms with van der Waals surface area (Å²) in [5.41, 5.74) is -0.296. The average molecular weight is 422 g/mol. The zero-order valence-corrected chi connectivity index (χ0v) is 15.5. The van der Waals surface area contributed by atoms with Gasteiger partial charge < -0.3 is 20.4 Å². The Morgan fingerprint density at radius 3 is 2.73 bits per heavy atom. The van der Waals surface area contributed by atoms with E-state index in [9.17, 15) is 28.2 Å². The number of aromatic hydroxyl groups is 1. The number of hydrogen-bond donors (Lipinski definition) is 3. The molecule has 0 radical (unpaired) electrons. The molecule has 3 heterocycles. The van der Waals surface area contributed by atoms with Gasteiger partial charge in [0.2, 0.25) is 5.95 Å². The molecule has 3 aromatic rings. The predicted octanol–water partition coefficient (Wildman–Crippen LogP) is 3.07. The number of benzene rings is 1. The Bertz CT molecular complexity index is 1100. The van der Waals surface area contributed by atoms with Gasteiger partial charge in [0.1, 0.15) is 11.4 Å². The first kappa shape index (κ1) is 19.7.